The number of rotatable bonds is 6. The van der Waals surface area contributed by atoms with Crippen LogP contribution < -0.4 is 5.32 Å². The van der Waals surface area contributed by atoms with Gasteiger partial charge in [0.1, 0.15) is 11.7 Å². The molecular formula is C14H13N3O5. The minimum absolute atomic E-state index is 0.0275. The van der Waals surface area contributed by atoms with Gasteiger partial charge < -0.3 is 15.5 Å². The zero-order chi connectivity index (χ0) is 16.1. The SMILES string of the molecule is O=C(O)CC[C@H](NC(=O)c1cnc2ccccc2n1)C(=O)O. The number of nitrogens with zero attached hydrogens (tertiary/aromatic N) is 2. The number of carboxylic acids is 2. The second-order valence-corrected chi connectivity index (χ2v) is 4.54. The average molecular weight is 303 g/mol. The van der Waals surface area contributed by atoms with Crippen molar-refractivity contribution in [1.82, 2.24) is 15.3 Å². The molecule has 1 amide bonds. The first-order valence-electron chi connectivity index (χ1n) is 6.44. The molecule has 1 aromatic carbocycles. The van der Waals surface area contributed by atoms with Gasteiger partial charge in [0.15, 0.2) is 0 Å². The molecule has 22 heavy (non-hydrogen) atoms. The predicted octanol–water partition coefficient (Wildman–Crippen LogP) is 0.678. The van der Waals surface area contributed by atoms with Crippen LogP contribution in [0.2, 0.25) is 0 Å². The van der Waals surface area contributed by atoms with Crippen LogP contribution in [-0.4, -0.2) is 44.1 Å². The van der Waals surface area contributed by atoms with Crippen LogP contribution in [0.4, 0.5) is 0 Å². The Balaban J connectivity index is 2.14. The fourth-order valence-electron chi connectivity index (χ4n) is 1.82. The number of para-hydroxylation sites is 2. The lowest BCUT2D eigenvalue weighted by Gasteiger charge is -2.13. The first-order valence-corrected chi connectivity index (χ1v) is 6.44. The molecule has 0 saturated heterocycles. The molecule has 2 aromatic rings. The molecule has 0 aliphatic rings. The number of carbonyl (C=O) groups excluding carboxylic acids is 1. The number of nitrogens with one attached hydrogen (secondary N) is 1. The fourth-order valence-corrected chi connectivity index (χ4v) is 1.82. The third kappa shape index (κ3) is 3.75. The minimum atomic E-state index is -1.30. The fraction of sp³-hybridized carbons (Fsp3) is 0.214. The van der Waals surface area contributed by atoms with E-state index in [2.05, 4.69) is 15.3 Å². The van der Waals surface area contributed by atoms with Crippen molar-refractivity contribution in [1.29, 1.82) is 0 Å². The van der Waals surface area contributed by atoms with E-state index in [1.54, 1.807) is 24.3 Å². The number of benzene rings is 1. The summed E-state index contributed by atoms with van der Waals surface area (Å²) in [6.45, 7) is 0. The molecule has 114 valence electrons. The Morgan fingerprint density at radius 1 is 1.14 bits per heavy atom. The van der Waals surface area contributed by atoms with Crippen LogP contribution in [0.15, 0.2) is 30.5 Å². The first-order chi connectivity index (χ1) is 10.5. The second-order valence-electron chi connectivity index (χ2n) is 4.54. The lowest BCUT2D eigenvalue weighted by molar-refractivity contribution is -0.140. The van der Waals surface area contributed by atoms with Crippen LogP contribution in [0.25, 0.3) is 11.0 Å². The number of fused-ring (bicyclic) bond motifs is 1. The van der Waals surface area contributed by atoms with Crippen molar-refractivity contribution < 1.29 is 24.6 Å². The summed E-state index contributed by atoms with van der Waals surface area (Å²) >= 11 is 0. The minimum Gasteiger partial charge on any atom is -0.481 e. The van der Waals surface area contributed by atoms with E-state index in [0.29, 0.717) is 11.0 Å². The van der Waals surface area contributed by atoms with Crippen LogP contribution in [0.1, 0.15) is 23.3 Å². The highest BCUT2D eigenvalue weighted by Crippen LogP contribution is 2.09. The maximum atomic E-state index is 12.0. The van der Waals surface area contributed by atoms with Crippen molar-refractivity contribution in [2.45, 2.75) is 18.9 Å². The molecule has 0 aliphatic carbocycles. The largest absolute Gasteiger partial charge is 0.481 e. The van der Waals surface area contributed by atoms with Gasteiger partial charge in [0.05, 0.1) is 17.2 Å². The molecule has 0 fully saturated rings. The molecule has 2 rings (SSSR count). The molecule has 0 aliphatic heterocycles. The van der Waals surface area contributed by atoms with Gasteiger partial charge in [-0.3, -0.25) is 14.6 Å². The number of carbonyl (C=O) groups is 3. The van der Waals surface area contributed by atoms with Crippen LogP contribution in [0, 0.1) is 0 Å². The van der Waals surface area contributed by atoms with Gasteiger partial charge in [-0.25, -0.2) is 9.78 Å². The monoisotopic (exact) mass is 303 g/mol. The van der Waals surface area contributed by atoms with Gasteiger partial charge in [-0.15, -0.1) is 0 Å². The van der Waals surface area contributed by atoms with E-state index in [1.165, 1.54) is 6.20 Å². The third-order valence-electron chi connectivity index (χ3n) is 2.93. The molecule has 0 unspecified atom stereocenters. The number of aliphatic carboxylic acids is 2. The summed E-state index contributed by atoms with van der Waals surface area (Å²) in [5.74, 6) is -3.15. The molecular weight excluding hydrogens is 290 g/mol. The van der Waals surface area contributed by atoms with Crippen LogP contribution in [-0.2, 0) is 9.59 Å². The summed E-state index contributed by atoms with van der Waals surface area (Å²) in [7, 11) is 0. The van der Waals surface area contributed by atoms with E-state index in [-0.39, 0.29) is 18.5 Å². The lowest BCUT2D eigenvalue weighted by atomic mass is 10.1. The summed E-state index contributed by atoms with van der Waals surface area (Å²) in [5.41, 5.74) is 1.09. The summed E-state index contributed by atoms with van der Waals surface area (Å²) in [5, 5.41) is 19.8. The third-order valence-corrected chi connectivity index (χ3v) is 2.93. The summed E-state index contributed by atoms with van der Waals surface area (Å²) in [6, 6.07) is 5.64. The number of amides is 1. The Labute approximate surface area is 124 Å². The molecule has 0 spiro atoms. The Morgan fingerprint density at radius 3 is 2.45 bits per heavy atom. The van der Waals surface area contributed by atoms with E-state index in [4.69, 9.17) is 10.2 Å². The van der Waals surface area contributed by atoms with Crippen LogP contribution in [0.3, 0.4) is 0 Å². The molecule has 0 saturated carbocycles. The summed E-state index contributed by atoms with van der Waals surface area (Å²) in [4.78, 5) is 41.7. The number of carboxylic acid groups (broad SMARTS) is 2. The summed E-state index contributed by atoms with van der Waals surface area (Å²) in [6.07, 6.45) is 0.672. The van der Waals surface area contributed by atoms with E-state index >= 15 is 0 Å². The van der Waals surface area contributed by atoms with E-state index in [9.17, 15) is 14.4 Å². The van der Waals surface area contributed by atoms with Gasteiger partial charge in [-0.1, -0.05) is 12.1 Å². The lowest BCUT2D eigenvalue weighted by Crippen LogP contribution is -2.41. The molecule has 1 heterocycles. The van der Waals surface area contributed by atoms with E-state index in [1.807, 2.05) is 0 Å². The first kappa shape index (κ1) is 15.4. The predicted molar refractivity (Wildman–Crippen MR) is 75.3 cm³/mol. The summed E-state index contributed by atoms with van der Waals surface area (Å²) < 4.78 is 0. The second kappa shape index (κ2) is 6.61. The zero-order valence-corrected chi connectivity index (χ0v) is 11.4. The molecule has 8 nitrogen and oxygen atoms in total. The molecule has 1 aromatic heterocycles. The van der Waals surface area contributed by atoms with Crippen molar-refractivity contribution in [2.75, 3.05) is 0 Å². The van der Waals surface area contributed by atoms with Gasteiger partial charge in [0.25, 0.3) is 5.91 Å². The molecule has 0 radical (unpaired) electrons. The average Bonchev–Trinajstić information content (AvgIpc) is 2.50. The van der Waals surface area contributed by atoms with Gasteiger partial charge in [-0.05, 0) is 18.6 Å². The zero-order valence-electron chi connectivity index (χ0n) is 11.4. The quantitative estimate of drug-likeness (QED) is 0.715. The van der Waals surface area contributed by atoms with Gasteiger partial charge >= 0.3 is 11.9 Å². The Kier molecular flexibility index (Phi) is 4.62. The maximum Gasteiger partial charge on any atom is 0.326 e. The van der Waals surface area contributed by atoms with Gasteiger partial charge in [-0.2, -0.15) is 0 Å². The Morgan fingerprint density at radius 2 is 1.82 bits per heavy atom. The van der Waals surface area contributed by atoms with Gasteiger partial charge in [0, 0.05) is 6.42 Å². The standard InChI is InChI=1S/C14H13N3O5/c18-12(19)6-5-10(14(21)22)17-13(20)11-7-15-8-3-1-2-4-9(8)16-11/h1-4,7,10H,5-6H2,(H,17,20)(H,18,19)(H,21,22)/t10-/m0/s1. The van der Waals surface area contributed by atoms with E-state index < -0.39 is 23.9 Å². The molecule has 3 N–H and O–H groups in total. The van der Waals surface area contributed by atoms with E-state index in [0.717, 1.165) is 0 Å². The van der Waals surface area contributed by atoms with Crippen molar-refractivity contribution in [3.8, 4) is 0 Å². The molecule has 0 bridgehead atoms. The number of aromatic nitrogens is 2. The normalized spacial score (nSPS) is 11.8. The van der Waals surface area contributed by atoms with Crippen LogP contribution >= 0.6 is 0 Å². The number of hydrogen-bond donors (Lipinski definition) is 3. The molecule has 1 atom stereocenters. The maximum absolute atomic E-state index is 12.0. The molecule has 8 heteroatoms. The van der Waals surface area contributed by atoms with Crippen molar-refractivity contribution in [3.63, 3.8) is 0 Å². The van der Waals surface area contributed by atoms with Crippen molar-refractivity contribution >= 4 is 28.9 Å². The van der Waals surface area contributed by atoms with Crippen molar-refractivity contribution in [3.05, 3.63) is 36.2 Å². The highest BCUT2D eigenvalue weighted by atomic mass is 16.4. The number of hydrogen-bond acceptors (Lipinski definition) is 5. The highest BCUT2D eigenvalue weighted by molar-refractivity contribution is 5.96. The Bertz CT molecular complexity index is 731. The highest BCUT2D eigenvalue weighted by Gasteiger charge is 2.22. The van der Waals surface area contributed by atoms with Gasteiger partial charge in [0.2, 0.25) is 0 Å². The smallest absolute Gasteiger partial charge is 0.326 e. The van der Waals surface area contributed by atoms with Crippen molar-refractivity contribution in [2.24, 2.45) is 0 Å². The topological polar surface area (TPSA) is 129 Å². The Hall–Kier alpha value is -3.03. The van der Waals surface area contributed by atoms with Crippen LogP contribution in [0.5, 0.6) is 0 Å².